The predicted octanol–water partition coefficient (Wildman–Crippen LogP) is 1.39. The van der Waals surface area contributed by atoms with Crippen LogP contribution in [-0.4, -0.2) is 9.97 Å². The smallest absolute Gasteiger partial charge is 0.318 e. The van der Waals surface area contributed by atoms with Crippen molar-refractivity contribution >= 4 is 0 Å². The third-order valence-electron chi connectivity index (χ3n) is 4.15. The summed E-state index contributed by atoms with van der Waals surface area (Å²) in [5, 5.41) is 0. The van der Waals surface area contributed by atoms with E-state index in [1.807, 2.05) is 6.92 Å². The van der Waals surface area contributed by atoms with Gasteiger partial charge in [0.15, 0.2) is 0 Å². The summed E-state index contributed by atoms with van der Waals surface area (Å²) in [5.41, 5.74) is 10.1. The lowest BCUT2D eigenvalue weighted by Gasteiger charge is -2.46. The lowest BCUT2D eigenvalue weighted by Crippen LogP contribution is -2.49. The highest BCUT2D eigenvalue weighted by atomic mass is 16.1. The number of fused-ring (bicyclic) bond motifs is 4. The van der Waals surface area contributed by atoms with Crippen LogP contribution >= 0.6 is 0 Å². The van der Waals surface area contributed by atoms with Crippen molar-refractivity contribution in [2.75, 3.05) is 0 Å². The number of aromatic amines is 1. The van der Waals surface area contributed by atoms with Crippen LogP contribution in [0.5, 0.6) is 0 Å². The minimum Gasteiger partial charge on any atom is -0.318 e. The average Bonchev–Trinajstić information content (AvgIpc) is 2.26. The minimum atomic E-state index is -0.528. The van der Waals surface area contributed by atoms with Crippen molar-refractivity contribution in [1.82, 2.24) is 9.97 Å². The average molecular weight is 243 g/mol. The largest absolute Gasteiger partial charge is 0.345 e. The number of rotatable bonds is 0. The van der Waals surface area contributed by atoms with Gasteiger partial charge in [-0.2, -0.15) is 0 Å². The molecule has 1 heterocycles. The van der Waals surface area contributed by atoms with Gasteiger partial charge in [0, 0.05) is 17.5 Å². The lowest BCUT2D eigenvalue weighted by molar-refractivity contribution is 0.348. The molecule has 0 spiro atoms. The molecule has 0 unspecified atom stereocenters. The minimum absolute atomic E-state index is 0.293. The Morgan fingerprint density at radius 3 is 3.11 bits per heavy atom. The summed E-state index contributed by atoms with van der Waals surface area (Å²) in [5.74, 6) is 0.367. The van der Waals surface area contributed by atoms with E-state index >= 15 is 0 Å². The van der Waals surface area contributed by atoms with Gasteiger partial charge in [0.05, 0.1) is 5.54 Å². The van der Waals surface area contributed by atoms with Gasteiger partial charge in [-0.25, -0.2) is 9.78 Å². The van der Waals surface area contributed by atoms with Crippen LogP contribution in [0.1, 0.15) is 31.0 Å². The van der Waals surface area contributed by atoms with E-state index in [9.17, 15) is 4.79 Å². The molecule has 0 amide bonds. The molecule has 1 saturated carbocycles. The van der Waals surface area contributed by atoms with E-state index in [1.165, 1.54) is 11.1 Å². The van der Waals surface area contributed by atoms with E-state index < -0.39 is 5.54 Å². The van der Waals surface area contributed by atoms with Crippen molar-refractivity contribution in [3.8, 4) is 0 Å². The fourth-order valence-corrected chi connectivity index (χ4v) is 3.54. The highest BCUT2D eigenvalue weighted by Crippen LogP contribution is 2.49. The Labute approximate surface area is 106 Å². The van der Waals surface area contributed by atoms with Crippen molar-refractivity contribution in [3.63, 3.8) is 0 Å². The van der Waals surface area contributed by atoms with Crippen LogP contribution in [0.4, 0.5) is 0 Å². The first-order valence-corrected chi connectivity index (χ1v) is 6.25. The second-order valence-corrected chi connectivity index (χ2v) is 5.33. The summed E-state index contributed by atoms with van der Waals surface area (Å²) in [6.07, 6.45) is 6.27. The molecule has 0 aliphatic heterocycles. The molecule has 2 aliphatic rings. The number of nitrogens with zero attached hydrogens (tertiary/aromatic N) is 1. The second kappa shape index (κ2) is 3.65. The normalized spacial score (nSPS) is 32.4. The summed E-state index contributed by atoms with van der Waals surface area (Å²) in [4.78, 5) is 18.0. The Balaban J connectivity index is 2.26. The fourth-order valence-electron chi connectivity index (χ4n) is 3.54. The van der Waals surface area contributed by atoms with Crippen LogP contribution in [-0.2, 0) is 12.0 Å². The lowest BCUT2D eigenvalue weighted by atomic mass is 9.61. The quantitative estimate of drug-likeness (QED) is 0.676. The number of H-pyrrole nitrogens is 1. The van der Waals surface area contributed by atoms with Crippen molar-refractivity contribution in [2.24, 2.45) is 11.7 Å². The van der Waals surface area contributed by atoms with E-state index in [0.717, 1.165) is 30.5 Å². The van der Waals surface area contributed by atoms with Crippen LogP contribution in [0, 0.1) is 5.92 Å². The molecule has 3 rings (SSSR count). The van der Waals surface area contributed by atoms with Gasteiger partial charge in [-0.15, -0.1) is 0 Å². The molecule has 1 aromatic rings. The number of nitrogens with one attached hydrogen (secondary N) is 1. The number of nitrogens with two attached hydrogens (primary N) is 1. The number of hydrogen-bond donors (Lipinski definition) is 2. The third kappa shape index (κ3) is 1.42. The summed E-state index contributed by atoms with van der Waals surface area (Å²) in [7, 11) is 0. The van der Waals surface area contributed by atoms with Crippen LogP contribution in [0.3, 0.4) is 0 Å². The monoisotopic (exact) mass is 243 g/mol. The Bertz CT molecular complexity index is 614. The molecule has 0 radical (unpaired) electrons. The highest BCUT2D eigenvalue weighted by Gasteiger charge is 2.45. The molecule has 0 saturated heterocycles. The second-order valence-electron chi connectivity index (χ2n) is 5.33. The molecule has 2 aliphatic carbocycles. The zero-order valence-electron chi connectivity index (χ0n) is 10.5. The van der Waals surface area contributed by atoms with Gasteiger partial charge < -0.3 is 10.7 Å². The van der Waals surface area contributed by atoms with Crippen molar-refractivity contribution in [1.29, 1.82) is 0 Å². The van der Waals surface area contributed by atoms with Gasteiger partial charge >= 0.3 is 5.69 Å². The van der Waals surface area contributed by atoms with Gasteiger partial charge in [-0.3, -0.25) is 0 Å². The summed E-state index contributed by atoms with van der Waals surface area (Å²) < 4.78 is 0. The van der Waals surface area contributed by atoms with Crippen LogP contribution < -0.4 is 11.4 Å². The van der Waals surface area contributed by atoms with E-state index in [-0.39, 0.29) is 5.69 Å². The molecule has 1 aromatic heterocycles. The zero-order chi connectivity index (χ0) is 12.9. The molecule has 0 aromatic carbocycles. The summed E-state index contributed by atoms with van der Waals surface area (Å²) in [6.45, 7) is 6.13. The van der Waals surface area contributed by atoms with Crippen LogP contribution in [0.25, 0.3) is 0 Å². The van der Waals surface area contributed by atoms with Gasteiger partial charge in [-0.1, -0.05) is 18.2 Å². The van der Waals surface area contributed by atoms with Gasteiger partial charge in [0.25, 0.3) is 0 Å². The third-order valence-corrected chi connectivity index (χ3v) is 4.15. The molecule has 2 atom stereocenters. The fraction of sp³-hybridized carbons (Fsp3) is 0.429. The van der Waals surface area contributed by atoms with Gasteiger partial charge in [-0.05, 0) is 37.7 Å². The first-order valence-electron chi connectivity index (χ1n) is 6.25. The van der Waals surface area contributed by atoms with Crippen molar-refractivity contribution < 1.29 is 0 Å². The molecule has 4 nitrogen and oxygen atoms in total. The molecular weight excluding hydrogens is 226 g/mol. The topological polar surface area (TPSA) is 71.8 Å². The van der Waals surface area contributed by atoms with Crippen LogP contribution in [0.2, 0.25) is 0 Å². The van der Waals surface area contributed by atoms with E-state index in [4.69, 9.17) is 5.73 Å². The SMILES string of the molecule is C=C1C[C@H]2Cc3[nH]c(=O)ncc3[C@@](N)(C1)C2=CC. The van der Waals surface area contributed by atoms with Crippen molar-refractivity contribution in [3.05, 3.63) is 51.7 Å². The zero-order valence-corrected chi connectivity index (χ0v) is 10.5. The number of aromatic nitrogens is 2. The maximum atomic E-state index is 11.3. The van der Waals surface area contributed by atoms with Crippen LogP contribution in [0.15, 0.2) is 34.8 Å². The van der Waals surface area contributed by atoms with E-state index in [0.29, 0.717) is 5.92 Å². The standard InChI is InChI=1S/C14H17N3O/c1-3-10-9-4-8(2)6-14(10,15)11-7-16-13(18)17-12(11)5-9/h3,7,9H,2,4-6,15H2,1H3,(H,16,17,18)/t9-,14+/m0/s1. The summed E-state index contributed by atoms with van der Waals surface area (Å²) in [6, 6.07) is 0. The number of allylic oxidation sites excluding steroid dienone is 1. The molecule has 3 N–H and O–H groups in total. The molecule has 94 valence electrons. The number of hydrogen-bond acceptors (Lipinski definition) is 3. The maximum Gasteiger partial charge on any atom is 0.345 e. The molecule has 4 heteroatoms. The summed E-state index contributed by atoms with van der Waals surface area (Å²) >= 11 is 0. The maximum absolute atomic E-state index is 11.3. The predicted molar refractivity (Wildman–Crippen MR) is 70.0 cm³/mol. The molecule has 18 heavy (non-hydrogen) atoms. The Hall–Kier alpha value is -1.68. The molecule has 2 bridgehead atoms. The molecule has 1 fully saturated rings. The Morgan fingerprint density at radius 2 is 2.39 bits per heavy atom. The Morgan fingerprint density at radius 1 is 1.61 bits per heavy atom. The molecular formula is C14H17N3O. The first kappa shape index (κ1) is 11.4. The van der Waals surface area contributed by atoms with Gasteiger partial charge in [0.2, 0.25) is 0 Å². The first-order chi connectivity index (χ1) is 8.54. The van der Waals surface area contributed by atoms with Gasteiger partial charge in [0.1, 0.15) is 0 Å². The van der Waals surface area contributed by atoms with E-state index in [2.05, 4.69) is 22.6 Å². The highest BCUT2D eigenvalue weighted by molar-refractivity contribution is 5.46. The van der Waals surface area contributed by atoms with Crippen molar-refractivity contribution in [2.45, 2.75) is 31.7 Å². The van der Waals surface area contributed by atoms with E-state index in [1.54, 1.807) is 6.20 Å². The Kier molecular flexibility index (Phi) is 2.32.